The summed E-state index contributed by atoms with van der Waals surface area (Å²) < 4.78 is 7.39. The molecule has 1 fully saturated rings. The van der Waals surface area contributed by atoms with Gasteiger partial charge in [-0.3, -0.25) is 4.79 Å². The van der Waals surface area contributed by atoms with Crippen LogP contribution in [0.4, 0.5) is 0 Å². The number of aromatic carboxylic acids is 1. The third-order valence-corrected chi connectivity index (χ3v) is 4.28. The van der Waals surface area contributed by atoms with E-state index in [4.69, 9.17) is 16.3 Å². The maximum Gasteiger partial charge on any atom is 0.339 e. The predicted octanol–water partition coefficient (Wildman–Crippen LogP) is 1.78. The number of fused-ring (bicyclic) bond motifs is 1. The molecule has 1 N–H and O–H groups in total. The van der Waals surface area contributed by atoms with E-state index in [0.717, 1.165) is 0 Å². The van der Waals surface area contributed by atoms with Gasteiger partial charge in [0.05, 0.1) is 17.9 Å². The van der Waals surface area contributed by atoms with Crippen LogP contribution in [-0.2, 0) is 9.53 Å². The molecule has 0 bridgehead atoms. The van der Waals surface area contributed by atoms with Crippen molar-refractivity contribution in [2.45, 2.75) is 32.5 Å². The minimum atomic E-state index is -1.11. The van der Waals surface area contributed by atoms with Crippen LogP contribution < -0.4 is 0 Å². The Labute approximate surface area is 143 Å². The number of amides is 1. The SMILES string of the molecule is CC(=O)N1CC[C@H](O[C@@H](C)c2c(C(=O)O)cnc3cc(Cl)nn23)C1. The zero-order valence-corrected chi connectivity index (χ0v) is 14.0. The van der Waals surface area contributed by atoms with Crippen molar-refractivity contribution in [3.63, 3.8) is 0 Å². The highest BCUT2D eigenvalue weighted by Crippen LogP contribution is 2.27. The monoisotopic (exact) mass is 352 g/mol. The first-order valence-corrected chi connectivity index (χ1v) is 7.93. The van der Waals surface area contributed by atoms with E-state index in [0.29, 0.717) is 30.9 Å². The molecule has 2 atom stereocenters. The smallest absolute Gasteiger partial charge is 0.339 e. The lowest BCUT2D eigenvalue weighted by atomic mass is 10.1. The highest BCUT2D eigenvalue weighted by atomic mass is 35.5. The second-order valence-corrected chi connectivity index (χ2v) is 6.14. The zero-order chi connectivity index (χ0) is 17.4. The fraction of sp³-hybridized carbons (Fsp3) is 0.467. The quantitative estimate of drug-likeness (QED) is 0.900. The normalized spacial score (nSPS) is 19.0. The average molecular weight is 353 g/mol. The van der Waals surface area contributed by atoms with Crippen LogP contribution in [0.1, 0.15) is 42.4 Å². The van der Waals surface area contributed by atoms with E-state index in [2.05, 4.69) is 10.1 Å². The van der Waals surface area contributed by atoms with E-state index >= 15 is 0 Å². The Morgan fingerprint density at radius 1 is 1.50 bits per heavy atom. The molecule has 0 aliphatic carbocycles. The van der Waals surface area contributed by atoms with Crippen molar-refractivity contribution >= 4 is 29.1 Å². The van der Waals surface area contributed by atoms with Gasteiger partial charge >= 0.3 is 5.97 Å². The van der Waals surface area contributed by atoms with Gasteiger partial charge in [-0.25, -0.2) is 14.3 Å². The fourth-order valence-corrected chi connectivity index (χ4v) is 3.13. The van der Waals surface area contributed by atoms with E-state index in [1.165, 1.54) is 17.6 Å². The van der Waals surface area contributed by atoms with Gasteiger partial charge in [-0.2, -0.15) is 5.10 Å². The Kier molecular flexibility index (Phi) is 4.42. The highest BCUT2D eigenvalue weighted by Gasteiger charge is 2.29. The van der Waals surface area contributed by atoms with Crippen molar-refractivity contribution in [3.05, 3.63) is 28.7 Å². The molecular weight excluding hydrogens is 336 g/mol. The van der Waals surface area contributed by atoms with Crippen molar-refractivity contribution in [1.82, 2.24) is 19.5 Å². The maximum absolute atomic E-state index is 11.5. The molecule has 0 aromatic carbocycles. The van der Waals surface area contributed by atoms with Crippen LogP contribution in [0.25, 0.3) is 5.65 Å². The lowest BCUT2D eigenvalue weighted by Crippen LogP contribution is -2.28. The number of hydrogen-bond acceptors (Lipinski definition) is 5. The largest absolute Gasteiger partial charge is 0.478 e. The van der Waals surface area contributed by atoms with E-state index in [1.807, 2.05) is 0 Å². The van der Waals surface area contributed by atoms with Crippen molar-refractivity contribution < 1.29 is 19.4 Å². The predicted molar refractivity (Wildman–Crippen MR) is 85.1 cm³/mol. The summed E-state index contributed by atoms with van der Waals surface area (Å²) in [6.45, 7) is 4.41. The number of hydrogen-bond donors (Lipinski definition) is 1. The van der Waals surface area contributed by atoms with Gasteiger partial charge in [0, 0.05) is 32.3 Å². The van der Waals surface area contributed by atoms with Crippen LogP contribution in [-0.4, -0.2) is 55.7 Å². The molecule has 2 aromatic heterocycles. The summed E-state index contributed by atoms with van der Waals surface area (Å²) in [6.07, 6.45) is 1.29. The third-order valence-electron chi connectivity index (χ3n) is 4.09. The van der Waals surface area contributed by atoms with E-state index < -0.39 is 12.1 Å². The molecular formula is C15H17ClN4O4. The minimum Gasteiger partial charge on any atom is -0.478 e. The standard InChI is InChI=1S/C15H17ClN4O4/c1-8(24-10-3-4-19(7-10)9(2)21)14-11(15(22)23)6-17-13-5-12(16)18-20(13)14/h5-6,8,10H,3-4,7H2,1-2H3,(H,22,23)/t8-,10-/m0/s1. The number of carbonyl (C=O) groups excluding carboxylic acids is 1. The third kappa shape index (κ3) is 3.07. The van der Waals surface area contributed by atoms with E-state index in [1.54, 1.807) is 17.9 Å². The molecule has 0 radical (unpaired) electrons. The molecule has 9 heteroatoms. The summed E-state index contributed by atoms with van der Waals surface area (Å²) in [5.41, 5.74) is 0.837. The Morgan fingerprint density at radius 2 is 2.25 bits per heavy atom. The molecule has 8 nitrogen and oxygen atoms in total. The molecule has 0 spiro atoms. The van der Waals surface area contributed by atoms with E-state index in [-0.39, 0.29) is 22.7 Å². The maximum atomic E-state index is 11.5. The zero-order valence-electron chi connectivity index (χ0n) is 13.3. The number of nitrogens with zero attached hydrogens (tertiary/aromatic N) is 4. The van der Waals surface area contributed by atoms with Crippen LogP contribution in [0.15, 0.2) is 12.3 Å². The molecule has 0 unspecified atom stereocenters. The van der Waals surface area contributed by atoms with Crippen molar-refractivity contribution in [2.24, 2.45) is 0 Å². The van der Waals surface area contributed by atoms with Gasteiger partial charge in [0.1, 0.15) is 5.56 Å². The number of ether oxygens (including phenoxy) is 1. The molecule has 2 aromatic rings. The van der Waals surface area contributed by atoms with Gasteiger partial charge in [-0.05, 0) is 13.3 Å². The van der Waals surface area contributed by atoms with Crippen molar-refractivity contribution in [2.75, 3.05) is 13.1 Å². The lowest BCUT2D eigenvalue weighted by Gasteiger charge is -2.21. The number of carboxylic acids is 1. The van der Waals surface area contributed by atoms with Gasteiger partial charge in [-0.1, -0.05) is 11.6 Å². The van der Waals surface area contributed by atoms with E-state index in [9.17, 15) is 14.7 Å². The van der Waals surface area contributed by atoms with Gasteiger partial charge < -0.3 is 14.7 Å². The van der Waals surface area contributed by atoms with Crippen LogP contribution in [0.2, 0.25) is 5.15 Å². The number of likely N-dealkylation sites (tertiary alicyclic amines) is 1. The Bertz CT molecular complexity index is 806. The Morgan fingerprint density at radius 3 is 2.88 bits per heavy atom. The van der Waals surface area contributed by atoms with Crippen molar-refractivity contribution in [3.8, 4) is 0 Å². The Hall–Kier alpha value is -2.19. The lowest BCUT2D eigenvalue weighted by molar-refractivity contribution is -0.128. The molecule has 3 rings (SSSR count). The minimum absolute atomic E-state index is 0.00476. The summed E-state index contributed by atoms with van der Waals surface area (Å²) in [6, 6.07) is 1.55. The second kappa shape index (κ2) is 6.37. The first-order valence-electron chi connectivity index (χ1n) is 7.55. The summed E-state index contributed by atoms with van der Waals surface area (Å²) >= 11 is 5.91. The Balaban J connectivity index is 1.91. The van der Waals surface area contributed by atoms with Crippen LogP contribution in [0.5, 0.6) is 0 Å². The van der Waals surface area contributed by atoms with Crippen LogP contribution in [0.3, 0.4) is 0 Å². The topological polar surface area (TPSA) is 97.0 Å². The molecule has 1 aliphatic rings. The molecule has 1 aliphatic heterocycles. The summed E-state index contributed by atoms with van der Waals surface area (Å²) in [5.74, 6) is -1.11. The molecule has 0 saturated carbocycles. The highest BCUT2D eigenvalue weighted by molar-refractivity contribution is 6.29. The second-order valence-electron chi connectivity index (χ2n) is 5.75. The van der Waals surface area contributed by atoms with Crippen molar-refractivity contribution in [1.29, 1.82) is 0 Å². The number of carbonyl (C=O) groups is 2. The molecule has 3 heterocycles. The number of halogens is 1. The van der Waals surface area contributed by atoms with Crippen LogP contribution in [0, 0.1) is 0 Å². The van der Waals surface area contributed by atoms with Gasteiger partial charge in [0.25, 0.3) is 0 Å². The van der Waals surface area contributed by atoms with Gasteiger partial charge in [0.2, 0.25) is 5.91 Å². The van der Waals surface area contributed by atoms with Crippen LogP contribution >= 0.6 is 11.6 Å². The summed E-state index contributed by atoms with van der Waals surface area (Å²) in [5, 5.41) is 13.8. The van der Waals surface area contributed by atoms with Gasteiger partial charge in [0.15, 0.2) is 10.8 Å². The van der Waals surface area contributed by atoms with Gasteiger partial charge in [-0.15, -0.1) is 0 Å². The first-order chi connectivity index (χ1) is 11.4. The number of aromatic nitrogens is 3. The molecule has 128 valence electrons. The average Bonchev–Trinajstić information content (AvgIpc) is 3.11. The summed E-state index contributed by atoms with van der Waals surface area (Å²) in [7, 11) is 0. The number of carboxylic acid groups (broad SMARTS) is 1. The first kappa shape index (κ1) is 16.7. The number of rotatable bonds is 4. The summed E-state index contributed by atoms with van der Waals surface area (Å²) in [4.78, 5) is 28.7. The molecule has 1 saturated heterocycles. The molecule has 24 heavy (non-hydrogen) atoms. The fourth-order valence-electron chi connectivity index (χ4n) is 2.96. The molecule has 1 amide bonds.